The highest BCUT2D eigenvalue weighted by molar-refractivity contribution is 9.11. The molecule has 0 radical (unpaired) electrons. The highest BCUT2D eigenvalue weighted by atomic mass is 79.9. The number of hydrogen-bond donors (Lipinski definition) is 2. The largest absolute Gasteiger partial charge is 0.487 e. The predicted molar refractivity (Wildman–Crippen MR) is 126 cm³/mol. The van der Waals surface area contributed by atoms with E-state index in [0.29, 0.717) is 25.3 Å². The Morgan fingerprint density at radius 1 is 1.00 bits per heavy atom. The summed E-state index contributed by atoms with van der Waals surface area (Å²) in [5.74, 6) is -0.732. The number of ether oxygens (including phenoxy) is 1. The van der Waals surface area contributed by atoms with Gasteiger partial charge in [0.15, 0.2) is 0 Å². The number of hydrazone groups is 1. The van der Waals surface area contributed by atoms with Gasteiger partial charge in [0.25, 0.3) is 5.91 Å². The molecule has 0 aliphatic heterocycles. The number of nitrogens with zero attached hydrogens (tertiary/aromatic N) is 1. The molecule has 0 saturated heterocycles. The van der Waals surface area contributed by atoms with Crippen LogP contribution in [-0.4, -0.2) is 23.2 Å². The van der Waals surface area contributed by atoms with E-state index in [4.69, 9.17) is 21.4 Å². The van der Waals surface area contributed by atoms with Gasteiger partial charge in [-0.15, -0.1) is 0 Å². The fraction of sp³-hybridized carbons (Fsp3) is 0.0455. The zero-order valence-electron chi connectivity index (χ0n) is 15.8. The maximum Gasteiger partial charge on any atom is 0.335 e. The molecule has 0 spiro atoms. The lowest BCUT2D eigenvalue weighted by Gasteiger charge is -2.11. The van der Waals surface area contributed by atoms with Gasteiger partial charge in [0.2, 0.25) is 0 Å². The maximum atomic E-state index is 12.1. The molecule has 0 saturated carbocycles. The molecule has 3 rings (SSSR count). The van der Waals surface area contributed by atoms with Gasteiger partial charge in [0, 0.05) is 10.6 Å². The Labute approximate surface area is 200 Å². The molecule has 9 heteroatoms. The molecule has 3 aromatic rings. The number of amides is 1. The molecule has 3 aromatic carbocycles. The van der Waals surface area contributed by atoms with E-state index in [2.05, 4.69) is 42.4 Å². The topological polar surface area (TPSA) is 88.0 Å². The van der Waals surface area contributed by atoms with E-state index in [1.54, 1.807) is 48.5 Å². The quantitative estimate of drug-likeness (QED) is 0.275. The molecule has 1 amide bonds. The second-order valence-corrected chi connectivity index (χ2v) is 8.46. The van der Waals surface area contributed by atoms with Crippen LogP contribution in [0.5, 0.6) is 5.75 Å². The average molecular weight is 567 g/mol. The van der Waals surface area contributed by atoms with Crippen LogP contribution >= 0.6 is 43.5 Å². The van der Waals surface area contributed by atoms with Crippen molar-refractivity contribution in [2.45, 2.75) is 6.61 Å². The van der Waals surface area contributed by atoms with Gasteiger partial charge < -0.3 is 9.84 Å². The van der Waals surface area contributed by atoms with Crippen LogP contribution in [0.25, 0.3) is 0 Å². The number of hydrogen-bond acceptors (Lipinski definition) is 4. The van der Waals surface area contributed by atoms with Crippen LogP contribution in [0.2, 0.25) is 5.02 Å². The third-order valence-corrected chi connectivity index (χ3v) is 5.52. The van der Waals surface area contributed by atoms with Crippen molar-refractivity contribution in [3.05, 3.63) is 96.9 Å². The summed E-state index contributed by atoms with van der Waals surface area (Å²) < 4.78 is 7.23. The smallest absolute Gasteiger partial charge is 0.335 e. The van der Waals surface area contributed by atoms with E-state index in [-0.39, 0.29) is 18.1 Å². The lowest BCUT2D eigenvalue weighted by molar-refractivity contribution is 0.0696. The van der Waals surface area contributed by atoms with Gasteiger partial charge in [0.05, 0.1) is 20.7 Å². The number of rotatable bonds is 7. The minimum atomic E-state index is -0.973. The van der Waals surface area contributed by atoms with Crippen molar-refractivity contribution in [1.82, 2.24) is 5.43 Å². The van der Waals surface area contributed by atoms with Crippen LogP contribution in [0.15, 0.2) is 74.7 Å². The normalized spacial score (nSPS) is 10.8. The first-order valence-corrected chi connectivity index (χ1v) is 10.8. The van der Waals surface area contributed by atoms with E-state index in [1.807, 2.05) is 0 Å². The summed E-state index contributed by atoms with van der Waals surface area (Å²) in [6.07, 6.45) is 1.51. The Morgan fingerprint density at radius 3 is 2.16 bits per heavy atom. The first kappa shape index (κ1) is 23.0. The molecule has 0 fully saturated rings. The number of nitrogens with one attached hydrogen (secondary N) is 1. The summed E-state index contributed by atoms with van der Waals surface area (Å²) in [5, 5.41) is 13.5. The Morgan fingerprint density at radius 2 is 1.58 bits per heavy atom. The van der Waals surface area contributed by atoms with Gasteiger partial charge in [0.1, 0.15) is 12.4 Å². The molecule has 158 valence electrons. The average Bonchev–Trinajstić information content (AvgIpc) is 2.74. The lowest BCUT2D eigenvalue weighted by Crippen LogP contribution is -2.17. The second-order valence-electron chi connectivity index (χ2n) is 6.31. The van der Waals surface area contributed by atoms with Crippen LogP contribution in [-0.2, 0) is 6.61 Å². The molecule has 0 bridgehead atoms. The predicted octanol–water partition coefficient (Wildman–Crippen LogP) is 5.91. The minimum absolute atomic E-state index is 0.220. The van der Waals surface area contributed by atoms with Crippen molar-refractivity contribution >= 4 is 61.6 Å². The van der Waals surface area contributed by atoms with E-state index in [9.17, 15) is 9.59 Å². The first-order valence-electron chi connectivity index (χ1n) is 8.86. The minimum Gasteiger partial charge on any atom is -0.487 e. The van der Waals surface area contributed by atoms with E-state index >= 15 is 0 Å². The highest BCUT2D eigenvalue weighted by Crippen LogP contribution is 2.35. The Kier molecular flexibility index (Phi) is 7.84. The molecule has 0 aliphatic carbocycles. The fourth-order valence-electron chi connectivity index (χ4n) is 2.52. The lowest BCUT2D eigenvalue weighted by atomic mass is 10.1. The third kappa shape index (κ3) is 6.40. The summed E-state index contributed by atoms with van der Waals surface area (Å²) in [5.41, 5.74) is 4.69. The summed E-state index contributed by atoms with van der Waals surface area (Å²) in [6.45, 7) is 0.266. The van der Waals surface area contributed by atoms with Crippen LogP contribution in [0.3, 0.4) is 0 Å². The Bertz CT molecular complexity index is 1110. The monoisotopic (exact) mass is 564 g/mol. The van der Waals surface area contributed by atoms with E-state index < -0.39 is 5.97 Å². The van der Waals surface area contributed by atoms with Crippen molar-refractivity contribution in [3.8, 4) is 5.75 Å². The standard InChI is InChI=1S/C22H15Br2ClN2O4/c23-18-9-14(11-26-27-21(28)15-5-7-17(25)8-6-15)10-19(24)20(18)31-12-13-1-3-16(4-2-13)22(29)30/h1-11H,12H2,(H,27,28)(H,29,30)/b26-11-. The van der Waals surface area contributed by atoms with Crippen molar-refractivity contribution in [3.63, 3.8) is 0 Å². The van der Waals surface area contributed by atoms with Gasteiger partial charge in [-0.05, 0) is 91.5 Å². The zero-order valence-corrected chi connectivity index (χ0v) is 19.7. The molecular formula is C22H15Br2ClN2O4. The number of aromatic carboxylic acids is 1. The highest BCUT2D eigenvalue weighted by Gasteiger charge is 2.10. The molecule has 0 aromatic heterocycles. The summed E-state index contributed by atoms with van der Waals surface area (Å²) in [6, 6.07) is 16.6. The van der Waals surface area contributed by atoms with Gasteiger partial charge in [-0.3, -0.25) is 4.79 Å². The third-order valence-electron chi connectivity index (χ3n) is 4.09. The summed E-state index contributed by atoms with van der Waals surface area (Å²) in [7, 11) is 0. The second kappa shape index (κ2) is 10.6. The number of carbonyl (C=O) groups is 2. The Hall–Kier alpha value is -2.68. The molecular weight excluding hydrogens is 552 g/mol. The number of carbonyl (C=O) groups excluding carboxylic acids is 1. The molecule has 0 heterocycles. The van der Waals surface area contributed by atoms with E-state index in [0.717, 1.165) is 11.1 Å². The Balaban J connectivity index is 1.62. The number of carboxylic acids is 1. The van der Waals surface area contributed by atoms with Gasteiger partial charge in [-0.1, -0.05) is 23.7 Å². The molecule has 0 unspecified atom stereocenters. The molecule has 0 aliphatic rings. The number of carboxylic acid groups (broad SMARTS) is 1. The van der Waals surface area contributed by atoms with Gasteiger partial charge >= 0.3 is 5.97 Å². The van der Waals surface area contributed by atoms with Crippen molar-refractivity contribution in [2.24, 2.45) is 5.10 Å². The van der Waals surface area contributed by atoms with Crippen LogP contribution in [0.1, 0.15) is 31.8 Å². The summed E-state index contributed by atoms with van der Waals surface area (Å²) >= 11 is 12.8. The molecule has 0 atom stereocenters. The van der Waals surface area contributed by atoms with Gasteiger partial charge in [-0.2, -0.15) is 5.10 Å². The number of benzene rings is 3. The van der Waals surface area contributed by atoms with Crippen LogP contribution in [0.4, 0.5) is 0 Å². The van der Waals surface area contributed by atoms with Gasteiger partial charge in [-0.25, -0.2) is 10.2 Å². The summed E-state index contributed by atoms with van der Waals surface area (Å²) in [4.78, 5) is 23.0. The molecule has 2 N–H and O–H groups in total. The number of halogens is 3. The van der Waals surface area contributed by atoms with Crippen LogP contribution in [0, 0.1) is 0 Å². The zero-order chi connectivity index (χ0) is 22.4. The fourth-order valence-corrected chi connectivity index (χ4v) is 4.10. The maximum absolute atomic E-state index is 12.1. The first-order chi connectivity index (χ1) is 14.8. The molecule has 6 nitrogen and oxygen atoms in total. The van der Waals surface area contributed by atoms with Crippen molar-refractivity contribution in [1.29, 1.82) is 0 Å². The van der Waals surface area contributed by atoms with Crippen molar-refractivity contribution in [2.75, 3.05) is 0 Å². The SMILES string of the molecule is O=C(O)c1ccc(COc2c(Br)cc(/C=N\NC(=O)c3ccc(Cl)cc3)cc2Br)cc1. The molecule has 31 heavy (non-hydrogen) atoms. The van der Waals surface area contributed by atoms with Crippen molar-refractivity contribution < 1.29 is 19.4 Å². The van der Waals surface area contributed by atoms with E-state index in [1.165, 1.54) is 18.3 Å². The van der Waals surface area contributed by atoms with Crippen LogP contribution < -0.4 is 10.2 Å².